The molecule has 5 heteroatoms. The highest BCUT2D eigenvalue weighted by Crippen LogP contribution is 2.77. The van der Waals surface area contributed by atoms with E-state index in [4.69, 9.17) is 0 Å². The molecule has 5 fully saturated rings. The van der Waals surface area contributed by atoms with Gasteiger partial charge in [0, 0.05) is 0 Å². The van der Waals surface area contributed by atoms with Gasteiger partial charge in [-0.2, -0.15) is 0 Å². The summed E-state index contributed by atoms with van der Waals surface area (Å²) in [6, 6.07) is 0. The van der Waals surface area contributed by atoms with Crippen LogP contribution >= 0.6 is 0 Å². The number of hydrogen-bond donors (Lipinski definition) is 3. The quantitative estimate of drug-likeness (QED) is 0.236. The van der Waals surface area contributed by atoms with E-state index < -0.39 is 17.5 Å². The summed E-state index contributed by atoms with van der Waals surface area (Å²) in [5.74, 6) is 1.12. The van der Waals surface area contributed by atoms with Gasteiger partial charge in [-0.3, -0.25) is 4.79 Å². The van der Waals surface area contributed by atoms with Crippen LogP contribution in [-0.4, -0.2) is 33.2 Å². The number of aliphatic hydroxyl groups excluding tert-OH is 1. The molecule has 0 unspecified atom stereocenters. The van der Waals surface area contributed by atoms with Crippen LogP contribution in [0.25, 0.3) is 0 Å². The first-order chi connectivity index (χ1) is 16.2. The van der Waals surface area contributed by atoms with Crippen LogP contribution in [-0.2, 0) is 4.79 Å². The lowest BCUT2D eigenvalue weighted by Gasteiger charge is -2.72. The maximum atomic E-state index is 12.8. The molecule has 3 N–H and O–H groups in total. The van der Waals surface area contributed by atoms with Crippen molar-refractivity contribution in [1.82, 2.24) is 0 Å². The van der Waals surface area contributed by atoms with Gasteiger partial charge in [0.15, 0.2) is 0 Å². The van der Waals surface area contributed by atoms with Crippen molar-refractivity contribution >= 4 is 11.7 Å². The molecule has 5 rings (SSSR count). The van der Waals surface area contributed by atoms with Crippen LogP contribution in [0.2, 0.25) is 0 Å². The van der Waals surface area contributed by atoms with Crippen molar-refractivity contribution in [3.63, 3.8) is 0 Å². The molecule has 5 saturated carbocycles. The topological polar surface area (TPSA) is 90.1 Å². The van der Waals surface area contributed by atoms with Crippen LogP contribution < -0.4 is 0 Å². The largest absolute Gasteiger partial charge is 0.481 e. The van der Waals surface area contributed by atoms with Gasteiger partial charge in [0.05, 0.1) is 11.1 Å². The number of carbonyl (C=O) groups is 1. The lowest BCUT2D eigenvalue weighted by molar-refractivity contribution is -0.236. The van der Waals surface area contributed by atoms with Gasteiger partial charge in [-0.1, -0.05) is 51.9 Å². The predicted octanol–water partition coefficient (Wildman–Crippen LogP) is 6.53. The van der Waals surface area contributed by atoms with Crippen molar-refractivity contribution in [2.24, 2.45) is 61.8 Å². The fraction of sp³-hybridized carbons (Fsp3) is 0.867. The molecule has 0 aromatic carbocycles. The van der Waals surface area contributed by atoms with Crippen LogP contribution in [0.5, 0.6) is 0 Å². The van der Waals surface area contributed by atoms with Gasteiger partial charge in [0.1, 0.15) is 6.10 Å². The zero-order valence-electron chi connectivity index (χ0n) is 22.7. The molecule has 10 atom stereocenters. The van der Waals surface area contributed by atoms with Crippen molar-refractivity contribution in [2.45, 2.75) is 105 Å². The number of rotatable bonds is 2. The molecule has 0 radical (unpaired) electrons. The van der Waals surface area contributed by atoms with Crippen molar-refractivity contribution < 1.29 is 20.2 Å². The summed E-state index contributed by atoms with van der Waals surface area (Å²) in [6.07, 6.45) is 7.79. The highest BCUT2D eigenvalue weighted by molar-refractivity contribution is 5.90. The van der Waals surface area contributed by atoms with Gasteiger partial charge in [0.2, 0.25) is 0 Å². The van der Waals surface area contributed by atoms with E-state index >= 15 is 0 Å². The number of aliphatic carboxylic acids is 1. The van der Waals surface area contributed by atoms with E-state index in [1.165, 1.54) is 0 Å². The molecule has 0 amide bonds. The molecule has 0 saturated heterocycles. The molecular formula is C30H47NO4. The Labute approximate surface area is 211 Å². The van der Waals surface area contributed by atoms with E-state index in [1.807, 2.05) is 0 Å². The third kappa shape index (κ3) is 2.91. The van der Waals surface area contributed by atoms with Crippen LogP contribution in [0.4, 0.5) is 0 Å². The zero-order chi connectivity index (χ0) is 25.8. The van der Waals surface area contributed by atoms with Crippen molar-refractivity contribution in [2.75, 3.05) is 0 Å². The molecular weight excluding hydrogens is 438 g/mol. The normalized spacial score (nSPS) is 53.7. The maximum Gasteiger partial charge on any atom is 0.309 e. The molecule has 0 aromatic heterocycles. The lowest BCUT2D eigenvalue weighted by Crippen LogP contribution is -2.68. The molecule has 5 aliphatic rings. The van der Waals surface area contributed by atoms with Gasteiger partial charge in [-0.15, -0.1) is 0 Å². The molecule has 0 aliphatic heterocycles. The number of oxime groups is 1. The third-order valence-corrected chi connectivity index (χ3v) is 13.4. The predicted molar refractivity (Wildman–Crippen MR) is 137 cm³/mol. The Morgan fingerprint density at radius 2 is 1.63 bits per heavy atom. The molecule has 0 bridgehead atoms. The highest BCUT2D eigenvalue weighted by atomic mass is 16.4. The molecule has 0 aromatic rings. The second kappa shape index (κ2) is 7.58. The van der Waals surface area contributed by atoms with E-state index in [0.717, 1.165) is 56.9 Å². The molecule has 5 nitrogen and oxygen atoms in total. The summed E-state index contributed by atoms with van der Waals surface area (Å²) in [5.41, 5.74) is 0.890. The molecule has 0 spiro atoms. The van der Waals surface area contributed by atoms with E-state index in [1.54, 1.807) is 0 Å². The fourth-order valence-electron chi connectivity index (χ4n) is 11.5. The summed E-state index contributed by atoms with van der Waals surface area (Å²) in [6.45, 7) is 18.2. The Morgan fingerprint density at radius 3 is 2.23 bits per heavy atom. The minimum atomic E-state index is -0.706. The summed E-state index contributed by atoms with van der Waals surface area (Å²) >= 11 is 0. The number of nitrogens with zero attached hydrogens (tertiary/aromatic N) is 1. The van der Waals surface area contributed by atoms with Gasteiger partial charge < -0.3 is 15.4 Å². The Hall–Kier alpha value is -1.36. The molecule has 35 heavy (non-hydrogen) atoms. The fourth-order valence-corrected chi connectivity index (χ4v) is 11.5. The average Bonchev–Trinajstić information content (AvgIpc) is 3.18. The molecule has 196 valence electrons. The van der Waals surface area contributed by atoms with Crippen LogP contribution in [0.3, 0.4) is 0 Å². The van der Waals surface area contributed by atoms with Gasteiger partial charge in [-0.25, -0.2) is 0 Å². The van der Waals surface area contributed by atoms with Crippen molar-refractivity contribution in [1.29, 1.82) is 0 Å². The number of carboxylic acids is 1. The zero-order valence-corrected chi connectivity index (χ0v) is 22.7. The lowest BCUT2D eigenvalue weighted by atomic mass is 9.32. The number of aliphatic hydroxyl groups is 1. The first-order valence-electron chi connectivity index (χ1n) is 14.0. The van der Waals surface area contributed by atoms with E-state index in [-0.39, 0.29) is 27.6 Å². The first kappa shape index (κ1) is 25.3. The van der Waals surface area contributed by atoms with Gasteiger partial charge >= 0.3 is 5.97 Å². The van der Waals surface area contributed by atoms with Crippen LogP contribution in [0.15, 0.2) is 17.3 Å². The van der Waals surface area contributed by atoms with Crippen LogP contribution in [0.1, 0.15) is 99.3 Å². The average molecular weight is 486 g/mol. The number of allylic oxidation sites excluding steroid dienone is 1. The SMILES string of the molecule is C=C(C)[C@@H]1CC[C@]2(C(=O)O)CC[C@]3(C)[C@H](CC[C@@H]4[C@@]5(C)C/C(=N\O)[C@H](O)C(C)(C)[C@@H]5CC[C@]43C)[C@@H]12. The Morgan fingerprint density at radius 1 is 0.943 bits per heavy atom. The first-order valence-corrected chi connectivity index (χ1v) is 14.0. The van der Waals surface area contributed by atoms with Crippen molar-refractivity contribution in [3.05, 3.63) is 12.2 Å². The van der Waals surface area contributed by atoms with Gasteiger partial charge in [-0.05, 0) is 116 Å². The standard InChI is InChI=1S/C30H47NO4/c1-17(2)18-10-13-30(25(33)34)15-14-28(6)19(23(18)30)8-9-22-27(5)16-20(31-35)24(32)26(3,4)21(27)11-12-29(22,28)7/h18-19,21-24,32,35H,1,8-16H2,2-7H3,(H,33,34)/b31-20+/t18-,19+,21-,22+,23+,24-,27-,28+,29+,30-/m0/s1. The smallest absolute Gasteiger partial charge is 0.309 e. The minimum absolute atomic E-state index is 0.0456. The number of hydrogen-bond acceptors (Lipinski definition) is 4. The molecule has 0 heterocycles. The maximum absolute atomic E-state index is 12.8. The Bertz CT molecular complexity index is 971. The monoisotopic (exact) mass is 485 g/mol. The third-order valence-electron chi connectivity index (χ3n) is 13.4. The van der Waals surface area contributed by atoms with Gasteiger partial charge in [0.25, 0.3) is 0 Å². The Kier molecular flexibility index (Phi) is 5.48. The van der Waals surface area contributed by atoms with Crippen LogP contribution in [0, 0.1) is 56.7 Å². The second-order valence-corrected chi connectivity index (χ2v) is 14.6. The van der Waals surface area contributed by atoms with E-state index in [9.17, 15) is 20.2 Å². The Balaban J connectivity index is 1.59. The molecule has 5 aliphatic carbocycles. The van der Waals surface area contributed by atoms with E-state index in [0.29, 0.717) is 35.8 Å². The summed E-state index contributed by atoms with van der Waals surface area (Å²) in [5, 5.41) is 35.0. The van der Waals surface area contributed by atoms with Crippen molar-refractivity contribution in [3.8, 4) is 0 Å². The number of fused-ring (bicyclic) bond motifs is 7. The summed E-state index contributed by atoms with van der Waals surface area (Å²) in [4.78, 5) is 12.8. The van der Waals surface area contributed by atoms with E-state index in [2.05, 4.69) is 53.3 Å². The summed E-state index contributed by atoms with van der Waals surface area (Å²) < 4.78 is 0. The highest BCUT2D eigenvalue weighted by Gasteiger charge is 2.72. The second-order valence-electron chi connectivity index (χ2n) is 14.6. The number of carboxylic acid groups (broad SMARTS) is 1. The minimum Gasteiger partial charge on any atom is -0.481 e. The summed E-state index contributed by atoms with van der Waals surface area (Å²) in [7, 11) is 0.